The summed E-state index contributed by atoms with van der Waals surface area (Å²) in [6, 6.07) is -0.391. The number of nitrogens with zero attached hydrogens (tertiary/aromatic N) is 1. The van der Waals surface area contributed by atoms with Crippen LogP contribution in [0.25, 0.3) is 0 Å². The van der Waals surface area contributed by atoms with E-state index in [1.54, 1.807) is 0 Å². The summed E-state index contributed by atoms with van der Waals surface area (Å²) >= 11 is 0. The fourth-order valence-corrected chi connectivity index (χ4v) is 1.33. The predicted octanol–water partition coefficient (Wildman–Crippen LogP) is -2.33. The van der Waals surface area contributed by atoms with Crippen LogP contribution in [-0.4, -0.2) is 45.9 Å². The Hall–Kier alpha value is -0.210. The molecule has 7 heteroatoms. The first-order chi connectivity index (χ1) is 5.44. The molecule has 0 aromatic carbocycles. The summed E-state index contributed by atoms with van der Waals surface area (Å²) in [5.41, 5.74) is 10.5. The van der Waals surface area contributed by atoms with Crippen LogP contribution in [0.5, 0.6) is 0 Å². The van der Waals surface area contributed by atoms with E-state index in [2.05, 4.69) is 4.72 Å². The number of hydrogen-bond acceptors (Lipinski definition) is 4. The lowest BCUT2D eigenvalue weighted by Crippen LogP contribution is -2.48. The van der Waals surface area contributed by atoms with E-state index in [1.165, 1.54) is 14.1 Å². The van der Waals surface area contributed by atoms with Crippen molar-refractivity contribution in [2.45, 2.75) is 6.04 Å². The molecule has 0 saturated carbocycles. The lowest BCUT2D eigenvalue weighted by molar-refractivity contribution is 0.487. The van der Waals surface area contributed by atoms with Gasteiger partial charge in [0.1, 0.15) is 0 Å². The zero-order valence-electron chi connectivity index (χ0n) is 7.32. The zero-order chi connectivity index (χ0) is 9.78. The summed E-state index contributed by atoms with van der Waals surface area (Å²) in [5.74, 6) is 0. The second kappa shape index (κ2) is 4.73. The molecule has 0 amide bonds. The zero-order valence-corrected chi connectivity index (χ0v) is 8.13. The van der Waals surface area contributed by atoms with Gasteiger partial charge in [-0.05, 0) is 0 Å². The monoisotopic (exact) mass is 196 g/mol. The third-order valence-corrected chi connectivity index (χ3v) is 2.96. The Kier molecular flexibility index (Phi) is 4.64. The van der Waals surface area contributed by atoms with E-state index in [0.717, 1.165) is 4.31 Å². The highest BCUT2D eigenvalue weighted by Gasteiger charge is 2.17. The standard InChI is InChI=1S/C5H16N4O2S/c1-9(2)12(10,11)8-5(3-6)4-7/h5,8H,3-4,6-7H2,1-2H3. The normalized spacial score (nSPS) is 12.8. The minimum atomic E-state index is -3.40. The highest BCUT2D eigenvalue weighted by atomic mass is 32.2. The first-order valence-electron chi connectivity index (χ1n) is 3.54. The molecule has 5 N–H and O–H groups in total. The second-order valence-electron chi connectivity index (χ2n) is 2.57. The Balaban J connectivity index is 4.23. The molecular formula is C5H16N4O2S. The topological polar surface area (TPSA) is 101 Å². The third kappa shape index (κ3) is 3.46. The molecule has 6 nitrogen and oxygen atoms in total. The quantitative estimate of drug-likeness (QED) is 0.459. The van der Waals surface area contributed by atoms with E-state index in [1.807, 2.05) is 0 Å². The van der Waals surface area contributed by atoms with E-state index in [9.17, 15) is 8.42 Å². The van der Waals surface area contributed by atoms with Crippen LogP contribution in [0.1, 0.15) is 0 Å². The van der Waals surface area contributed by atoms with Gasteiger partial charge in [-0.15, -0.1) is 0 Å². The molecule has 0 aromatic heterocycles. The summed E-state index contributed by atoms with van der Waals surface area (Å²) in [5, 5.41) is 0. The van der Waals surface area contributed by atoms with Gasteiger partial charge in [0.25, 0.3) is 10.2 Å². The molecule has 0 aromatic rings. The summed E-state index contributed by atoms with van der Waals surface area (Å²) in [6.45, 7) is 0.396. The minimum absolute atomic E-state index is 0.198. The largest absolute Gasteiger partial charge is 0.329 e. The van der Waals surface area contributed by atoms with Gasteiger partial charge in [0.2, 0.25) is 0 Å². The minimum Gasteiger partial charge on any atom is -0.329 e. The van der Waals surface area contributed by atoms with Crippen LogP contribution in [0.4, 0.5) is 0 Å². The lowest BCUT2D eigenvalue weighted by atomic mass is 10.3. The van der Waals surface area contributed by atoms with Crippen molar-refractivity contribution >= 4 is 10.2 Å². The first-order valence-corrected chi connectivity index (χ1v) is 4.98. The van der Waals surface area contributed by atoms with Crippen molar-refractivity contribution in [3.8, 4) is 0 Å². The molecule has 0 radical (unpaired) electrons. The van der Waals surface area contributed by atoms with Crippen LogP contribution in [-0.2, 0) is 10.2 Å². The van der Waals surface area contributed by atoms with Crippen molar-refractivity contribution in [1.82, 2.24) is 9.03 Å². The van der Waals surface area contributed by atoms with Crippen LogP contribution >= 0.6 is 0 Å². The molecule has 0 rings (SSSR count). The maximum atomic E-state index is 11.2. The predicted molar refractivity (Wildman–Crippen MR) is 47.6 cm³/mol. The summed E-state index contributed by atoms with van der Waals surface area (Å²) in [6.07, 6.45) is 0. The van der Waals surface area contributed by atoms with E-state index in [0.29, 0.717) is 0 Å². The van der Waals surface area contributed by atoms with Crippen molar-refractivity contribution in [1.29, 1.82) is 0 Å². The van der Waals surface area contributed by atoms with Crippen LogP contribution in [0.2, 0.25) is 0 Å². The number of nitrogens with two attached hydrogens (primary N) is 2. The SMILES string of the molecule is CN(C)S(=O)(=O)NC(CN)CN. The van der Waals surface area contributed by atoms with Gasteiger partial charge in [-0.3, -0.25) is 0 Å². The Morgan fingerprint density at radius 2 is 1.75 bits per heavy atom. The molecular weight excluding hydrogens is 180 g/mol. The number of hydrogen-bond donors (Lipinski definition) is 3. The van der Waals surface area contributed by atoms with Crippen molar-refractivity contribution in [3.63, 3.8) is 0 Å². The summed E-state index contributed by atoms with van der Waals surface area (Å²) < 4.78 is 25.7. The molecule has 0 bridgehead atoms. The highest BCUT2D eigenvalue weighted by molar-refractivity contribution is 7.87. The van der Waals surface area contributed by atoms with Gasteiger partial charge in [-0.2, -0.15) is 17.4 Å². The van der Waals surface area contributed by atoms with Crippen LogP contribution in [0, 0.1) is 0 Å². The second-order valence-corrected chi connectivity index (χ2v) is 4.49. The first kappa shape index (κ1) is 11.8. The molecule has 0 heterocycles. The van der Waals surface area contributed by atoms with Crippen molar-refractivity contribution in [2.24, 2.45) is 11.5 Å². The van der Waals surface area contributed by atoms with Crippen LogP contribution < -0.4 is 16.2 Å². The number of rotatable bonds is 5. The van der Waals surface area contributed by atoms with Gasteiger partial charge in [-0.25, -0.2) is 0 Å². The fraction of sp³-hybridized carbons (Fsp3) is 1.00. The lowest BCUT2D eigenvalue weighted by Gasteiger charge is -2.18. The molecule has 0 spiro atoms. The van der Waals surface area contributed by atoms with Gasteiger partial charge in [0, 0.05) is 33.2 Å². The Morgan fingerprint density at radius 3 is 2.00 bits per heavy atom. The molecule has 12 heavy (non-hydrogen) atoms. The van der Waals surface area contributed by atoms with Crippen molar-refractivity contribution in [3.05, 3.63) is 0 Å². The molecule has 0 fully saturated rings. The molecule has 0 aliphatic carbocycles. The Labute approximate surface area is 73.1 Å². The van der Waals surface area contributed by atoms with Gasteiger partial charge in [-0.1, -0.05) is 0 Å². The van der Waals surface area contributed by atoms with Crippen molar-refractivity contribution in [2.75, 3.05) is 27.2 Å². The molecule has 0 saturated heterocycles. The summed E-state index contributed by atoms with van der Waals surface area (Å²) in [7, 11) is -0.524. The van der Waals surface area contributed by atoms with Crippen LogP contribution in [0.15, 0.2) is 0 Å². The molecule has 74 valence electrons. The third-order valence-electron chi connectivity index (χ3n) is 1.37. The highest BCUT2D eigenvalue weighted by Crippen LogP contribution is 1.90. The van der Waals surface area contributed by atoms with E-state index in [-0.39, 0.29) is 13.1 Å². The van der Waals surface area contributed by atoms with Gasteiger partial charge in [0.15, 0.2) is 0 Å². The molecule has 0 unspecified atom stereocenters. The average Bonchev–Trinajstić information content (AvgIpc) is 2.00. The smallest absolute Gasteiger partial charge is 0.279 e. The molecule has 0 aliphatic heterocycles. The number of nitrogens with one attached hydrogen (secondary N) is 1. The van der Waals surface area contributed by atoms with Crippen LogP contribution in [0.3, 0.4) is 0 Å². The van der Waals surface area contributed by atoms with Gasteiger partial charge < -0.3 is 11.5 Å². The maximum absolute atomic E-state index is 11.2. The van der Waals surface area contributed by atoms with E-state index >= 15 is 0 Å². The van der Waals surface area contributed by atoms with Gasteiger partial charge in [0.05, 0.1) is 0 Å². The average molecular weight is 196 g/mol. The van der Waals surface area contributed by atoms with Crippen molar-refractivity contribution < 1.29 is 8.42 Å². The molecule has 0 atom stereocenters. The summed E-state index contributed by atoms with van der Waals surface area (Å²) in [4.78, 5) is 0. The Morgan fingerprint density at radius 1 is 1.33 bits per heavy atom. The maximum Gasteiger partial charge on any atom is 0.279 e. The van der Waals surface area contributed by atoms with E-state index in [4.69, 9.17) is 11.5 Å². The van der Waals surface area contributed by atoms with Gasteiger partial charge >= 0.3 is 0 Å². The Bertz CT molecular complexity index is 209. The molecule has 0 aliphatic rings. The van der Waals surface area contributed by atoms with E-state index < -0.39 is 16.3 Å². The fourth-order valence-electron chi connectivity index (χ4n) is 0.508.